The fourth-order valence-corrected chi connectivity index (χ4v) is 9.68. The number of ether oxygens (including phenoxy) is 3. The highest BCUT2D eigenvalue weighted by molar-refractivity contribution is 5.71. The van der Waals surface area contributed by atoms with E-state index in [0.29, 0.717) is 19.3 Å². The van der Waals surface area contributed by atoms with Gasteiger partial charge in [0.25, 0.3) is 0 Å². The Kier molecular flexibility index (Phi) is 66.7. The Morgan fingerprint density at radius 1 is 0.253 bits per heavy atom. The second-order valence-electron chi connectivity index (χ2n) is 23.1. The van der Waals surface area contributed by atoms with E-state index in [1.54, 1.807) is 0 Å². The summed E-state index contributed by atoms with van der Waals surface area (Å²) in [6.07, 6.45) is 97.8. The Bertz CT molecular complexity index is 1700. The van der Waals surface area contributed by atoms with Crippen molar-refractivity contribution >= 4 is 17.9 Å². The molecule has 0 spiro atoms. The third kappa shape index (κ3) is 68.5. The van der Waals surface area contributed by atoms with Crippen LogP contribution in [0.4, 0.5) is 0 Å². The lowest BCUT2D eigenvalue weighted by atomic mass is 10.1. The molecular weight excluding hydrogens is 1020 g/mol. The van der Waals surface area contributed by atoms with Gasteiger partial charge in [0.2, 0.25) is 0 Å². The zero-order chi connectivity index (χ0) is 59.9. The number of hydrogen-bond donors (Lipinski definition) is 0. The minimum Gasteiger partial charge on any atom is -0.462 e. The van der Waals surface area contributed by atoms with Gasteiger partial charge in [0.1, 0.15) is 13.2 Å². The van der Waals surface area contributed by atoms with Crippen LogP contribution in [0.1, 0.15) is 329 Å². The van der Waals surface area contributed by atoms with Crippen LogP contribution in [0, 0.1) is 0 Å². The summed E-state index contributed by atoms with van der Waals surface area (Å²) in [6.45, 7) is 6.50. The molecule has 0 fully saturated rings. The van der Waals surface area contributed by atoms with Crippen LogP contribution in [0.3, 0.4) is 0 Å². The zero-order valence-corrected chi connectivity index (χ0v) is 54.4. The van der Waals surface area contributed by atoms with Crippen LogP contribution in [0.2, 0.25) is 0 Å². The van der Waals surface area contributed by atoms with Crippen LogP contribution in [0.5, 0.6) is 0 Å². The van der Waals surface area contributed by atoms with Crippen molar-refractivity contribution in [2.45, 2.75) is 335 Å². The molecule has 0 aromatic rings. The highest BCUT2D eigenvalue weighted by Crippen LogP contribution is 2.16. The van der Waals surface area contributed by atoms with Gasteiger partial charge in [-0.15, -0.1) is 0 Å². The first kappa shape index (κ1) is 78.8. The summed E-state index contributed by atoms with van der Waals surface area (Å²) in [6, 6.07) is 0. The second kappa shape index (κ2) is 70.3. The summed E-state index contributed by atoms with van der Waals surface area (Å²) in [5, 5.41) is 0. The zero-order valence-electron chi connectivity index (χ0n) is 54.4. The maximum absolute atomic E-state index is 13.0. The smallest absolute Gasteiger partial charge is 0.306 e. The van der Waals surface area contributed by atoms with E-state index in [0.717, 1.165) is 128 Å². The van der Waals surface area contributed by atoms with Crippen LogP contribution in [0.15, 0.2) is 122 Å². The van der Waals surface area contributed by atoms with Crippen molar-refractivity contribution in [3.63, 3.8) is 0 Å². The van der Waals surface area contributed by atoms with Gasteiger partial charge in [-0.3, -0.25) is 14.4 Å². The van der Waals surface area contributed by atoms with Gasteiger partial charge in [-0.1, -0.05) is 296 Å². The number of unbranched alkanes of at least 4 members (excludes halogenated alkanes) is 32. The van der Waals surface area contributed by atoms with E-state index in [1.807, 2.05) is 0 Å². The molecule has 0 aliphatic rings. The summed E-state index contributed by atoms with van der Waals surface area (Å²) in [5.41, 5.74) is 0. The minimum absolute atomic E-state index is 0.0930. The monoisotopic (exact) mass is 1150 g/mol. The maximum Gasteiger partial charge on any atom is 0.306 e. The molecule has 0 aliphatic carbocycles. The first-order chi connectivity index (χ1) is 41.0. The average molecular weight is 1150 g/mol. The molecule has 0 N–H and O–H groups in total. The van der Waals surface area contributed by atoms with Gasteiger partial charge >= 0.3 is 17.9 Å². The molecule has 0 aromatic heterocycles. The van der Waals surface area contributed by atoms with Gasteiger partial charge < -0.3 is 14.2 Å². The van der Waals surface area contributed by atoms with Gasteiger partial charge in [0.15, 0.2) is 6.10 Å². The van der Waals surface area contributed by atoms with Crippen molar-refractivity contribution < 1.29 is 28.6 Å². The SMILES string of the molecule is CC/C=C\C/C=C\C/C=C\C/C=C\CCCCCCC(=O)OCC(COC(=O)CCCCCCCCCCCC/C=C\C/C=C\C/C=C\CCCCCCC)OC(=O)CCCCCCCCCC/C=C\C/C=C\C/C=C\CCCCCCC. The van der Waals surface area contributed by atoms with E-state index in [9.17, 15) is 14.4 Å². The predicted octanol–water partition coefficient (Wildman–Crippen LogP) is 24.3. The molecule has 474 valence electrons. The van der Waals surface area contributed by atoms with E-state index in [2.05, 4.69) is 142 Å². The highest BCUT2D eigenvalue weighted by Gasteiger charge is 2.19. The largest absolute Gasteiger partial charge is 0.462 e. The Labute approximate surface area is 513 Å². The van der Waals surface area contributed by atoms with E-state index >= 15 is 0 Å². The molecule has 0 radical (unpaired) electrons. The van der Waals surface area contributed by atoms with Crippen molar-refractivity contribution in [1.29, 1.82) is 0 Å². The van der Waals surface area contributed by atoms with Crippen LogP contribution in [0.25, 0.3) is 0 Å². The maximum atomic E-state index is 13.0. The molecule has 0 bridgehead atoms. The molecule has 0 heterocycles. The summed E-state index contributed by atoms with van der Waals surface area (Å²) in [7, 11) is 0. The summed E-state index contributed by atoms with van der Waals surface area (Å²) in [5.74, 6) is -0.919. The van der Waals surface area contributed by atoms with E-state index in [1.165, 1.54) is 161 Å². The molecule has 83 heavy (non-hydrogen) atoms. The van der Waals surface area contributed by atoms with E-state index in [-0.39, 0.29) is 31.1 Å². The molecule has 0 amide bonds. The number of esters is 3. The Morgan fingerprint density at radius 3 is 0.735 bits per heavy atom. The summed E-state index contributed by atoms with van der Waals surface area (Å²) < 4.78 is 17.0. The van der Waals surface area contributed by atoms with Gasteiger partial charge in [0.05, 0.1) is 0 Å². The first-order valence-corrected chi connectivity index (χ1v) is 35.0. The molecule has 0 saturated heterocycles. The number of allylic oxidation sites excluding steroid dienone is 20. The van der Waals surface area contributed by atoms with Crippen molar-refractivity contribution in [2.24, 2.45) is 0 Å². The lowest BCUT2D eigenvalue weighted by molar-refractivity contribution is -0.167. The lowest BCUT2D eigenvalue weighted by Gasteiger charge is -2.18. The third-order valence-electron chi connectivity index (χ3n) is 14.9. The van der Waals surface area contributed by atoms with Crippen molar-refractivity contribution in [2.75, 3.05) is 13.2 Å². The molecule has 1 atom stereocenters. The Morgan fingerprint density at radius 2 is 0.470 bits per heavy atom. The fourth-order valence-electron chi connectivity index (χ4n) is 9.68. The molecule has 1 unspecified atom stereocenters. The van der Waals surface area contributed by atoms with Crippen molar-refractivity contribution in [3.8, 4) is 0 Å². The van der Waals surface area contributed by atoms with E-state index in [4.69, 9.17) is 14.2 Å². The number of carbonyl (C=O) groups excluding carboxylic acids is 3. The number of hydrogen-bond acceptors (Lipinski definition) is 6. The molecule has 0 saturated carbocycles. The molecule has 0 rings (SSSR count). The normalized spacial score (nSPS) is 12.9. The topological polar surface area (TPSA) is 78.9 Å². The highest BCUT2D eigenvalue weighted by atomic mass is 16.6. The molecule has 0 aliphatic heterocycles. The van der Waals surface area contributed by atoms with Crippen molar-refractivity contribution in [1.82, 2.24) is 0 Å². The molecule has 0 aromatic carbocycles. The van der Waals surface area contributed by atoms with Gasteiger partial charge in [0, 0.05) is 19.3 Å². The van der Waals surface area contributed by atoms with Crippen LogP contribution >= 0.6 is 0 Å². The Hall–Kier alpha value is -4.19. The predicted molar refractivity (Wildman–Crippen MR) is 362 cm³/mol. The van der Waals surface area contributed by atoms with Crippen LogP contribution < -0.4 is 0 Å². The third-order valence-corrected chi connectivity index (χ3v) is 14.9. The fraction of sp³-hybridized carbons (Fsp3) is 0.701. The van der Waals surface area contributed by atoms with Crippen LogP contribution in [-0.2, 0) is 28.6 Å². The number of rotatable bonds is 63. The first-order valence-electron chi connectivity index (χ1n) is 35.0. The quantitative estimate of drug-likeness (QED) is 0.0261. The van der Waals surface area contributed by atoms with Gasteiger partial charge in [-0.05, 0) is 135 Å². The summed E-state index contributed by atoms with van der Waals surface area (Å²) in [4.78, 5) is 38.5. The van der Waals surface area contributed by atoms with Crippen molar-refractivity contribution in [3.05, 3.63) is 122 Å². The lowest BCUT2D eigenvalue weighted by Crippen LogP contribution is -2.30. The standard InChI is InChI=1S/C77H130O6/c1-4-7-10-13-16-19-22-25-28-31-33-35-37-38-40-41-43-46-49-52-55-58-61-64-67-70-76(79)82-73-74(72-81-75(78)69-66-63-60-57-54-51-48-45-30-27-24-21-18-15-12-9-6-3)83-77(80)71-68-65-62-59-56-53-50-47-44-42-39-36-34-32-29-26-23-20-17-14-11-8-5-2/h9,12,18,21-23,25-27,30-34,37-39,42,48,51,74H,4-8,10-11,13-17,19-20,24,28-29,35-36,40-41,43-47,49-50,52-73H2,1-3H3/b12-9-,21-18-,25-22-,26-23-,30-27-,33-31-,34-32-,38-37-,42-39-,51-48-. The van der Waals surface area contributed by atoms with E-state index < -0.39 is 6.10 Å². The number of carbonyl (C=O) groups is 3. The molecule has 6 nitrogen and oxygen atoms in total. The second-order valence-corrected chi connectivity index (χ2v) is 23.1. The Balaban J connectivity index is 4.42. The molecular formula is C77H130O6. The molecule has 6 heteroatoms. The van der Waals surface area contributed by atoms with Gasteiger partial charge in [-0.25, -0.2) is 0 Å². The summed E-state index contributed by atoms with van der Waals surface area (Å²) >= 11 is 0. The minimum atomic E-state index is -0.800. The average Bonchev–Trinajstić information content (AvgIpc) is 3.49. The van der Waals surface area contributed by atoms with Crippen LogP contribution in [-0.4, -0.2) is 37.2 Å². The van der Waals surface area contributed by atoms with Gasteiger partial charge in [-0.2, -0.15) is 0 Å².